The lowest BCUT2D eigenvalue weighted by molar-refractivity contribution is -0.130. The number of rotatable bonds is 9. The molecule has 1 unspecified atom stereocenters. The SMILES string of the molecule is CSCC[C@H](NC(=O)C1CCCN(S(=O)(=O)c2ccccc2)C1)C(=O)Nc1ccccc1. The predicted molar refractivity (Wildman–Crippen MR) is 128 cm³/mol. The van der Waals surface area contributed by atoms with Gasteiger partial charge in [-0.1, -0.05) is 36.4 Å². The van der Waals surface area contributed by atoms with Crippen LogP contribution in [0.15, 0.2) is 65.6 Å². The number of carbonyl (C=O) groups excluding carboxylic acids is 2. The molecule has 0 radical (unpaired) electrons. The maximum Gasteiger partial charge on any atom is 0.246 e. The van der Waals surface area contributed by atoms with Crippen molar-refractivity contribution in [3.63, 3.8) is 0 Å². The number of carbonyl (C=O) groups is 2. The third-order valence-electron chi connectivity index (χ3n) is 5.42. The summed E-state index contributed by atoms with van der Waals surface area (Å²) in [5, 5.41) is 5.71. The first kappa shape index (κ1) is 24.3. The van der Waals surface area contributed by atoms with Crippen LogP contribution in [-0.2, 0) is 19.6 Å². The normalized spacial score (nSPS) is 18.0. The lowest BCUT2D eigenvalue weighted by atomic mass is 9.98. The molecule has 0 aromatic heterocycles. The minimum Gasteiger partial charge on any atom is -0.344 e. The Balaban J connectivity index is 1.66. The molecule has 1 aliphatic heterocycles. The van der Waals surface area contributed by atoms with Crippen LogP contribution in [0.25, 0.3) is 0 Å². The topological polar surface area (TPSA) is 95.6 Å². The largest absolute Gasteiger partial charge is 0.344 e. The molecular weight excluding hydrogens is 446 g/mol. The van der Waals surface area contributed by atoms with Gasteiger partial charge in [0.05, 0.1) is 10.8 Å². The predicted octanol–water partition coefficient (Wildman–Crippen LogP) is 2.96. The molecule has 2 atom stereocenters. The van der Waals surface area contributed by atoms with Crippen molar-refractivity contribution >= 4 is 39.3 Å². The average molecular weight is 476 g/mol. The third kappa shape index (κ3) is 6.34. The van der Waals surface area contributed by atoms with Gasteiger partial charge >= 0.3 is 0 Å². The van der Waals surface area contributed by atoms with Crippen molar-refractivity contribution < 1.29 is 18.0 Å². The number of benzene rings is 2. The maximum absolute atomic E-state index is 13.0. The van der Waals surface area contributed by atoms with Crippen molar-refractivity contribution in [2.24, 2.45) is 5.92 Å². The van der Waals surface area contributed by atoms with Gasteiger partial charge in [-0.05, 0) is 55.5 Å². The van der Waals surface area contributed by atoms with Crippen molar-refractivity contribution in [1.82, 2.24) is 9.62 Å². The second kappa shape index (κ2) is 11.5. The molecule has 1 aliphatic rings. The van der Waals surface area contributed by atoms with Gasteiger partial charge in [0.2, 0.25) is 21.8 Å². The van der Waals surface area contributed by atoms with Gasteiger partial charge < -0.3 is 10.6 Å². The van der Waals surface area contributed by atoms with E-state index in [0.717, 1.165) is 0 Å². The number of piperidine rings is 1. The van der Waals surface area contributed by atoms with Crippen molar-refractivity contribution in [3.05, 3.63) is 60.7 Å². The molecule has 9 heteroatoms. The van der Waals surface area contributed by atoms with Crippen LogP contribution in [-0.4, -0.2) is 55.7 Å². The number of hydrogen-bond donors (Lipinski definition) is 2. The fourth-order valence-electron chi connectivity index (χ4n) is 3.66. The molecule has 1 heterocycles. The van der Waals surface area contributed by atoms with Gasteiger partial charge in [-0.2, -0.15) is 16.1 Å². The van der Waals surface area contributed by atoms with E-state index in [2.05, 4.69) is 10.6 Å². The highest BCUT2D eigenvalue weighted by atomic mass is 32.2. The van der Waals surface area contributed by atoms with Crippen molar-refractivity contribution in [2.75, 3.05) is 30.4 Å². The molecular formula is C23H29N3O4S2. The lowest BCUT2D eigenvalue weighted by Crippen LogP contribution is -2.50. The molecule has 1 fully saturated rings. The van der Waals surface area contributed by atoms with E-state index in [1.807, 2.05) is 24.5 Å². The van der Waals surface area contributed by atoms with Crippen molar-refractivity contribution in [3.8, 4) is 0 Å². The quantitative estimate of drug-likeness (QED) is 0.581. The lowest BCUT2D eigenvalue weighted by Gasteiger charge is -2.32. The Kier molecular flexibility index (Phi) is 8.72. The van der Waals surface area contributed by atoms with Gasteiger partial charge in [0.1, 0.15) is 6.04 Å². The van der Waals surface area contributed by atoms with Gasteiger partial charge in [0, 0.05) is 18.8 Å². The van der Waals surface area contributed by atoms with E-state index >= 15 is 0 Å². The maximum atomic E-state index is 13.0. The fourth-order valence-corrected chi connectivity index (χ4v) is 5.68. The van der Waals surface area contributed by atoms with Gasteiger partial charge in [0.25, 0.3) is 0 Å². The van der Waals surface area contributed by atoms with E-state index in [4.69, 9.17) is 0 Å². The molecule has 32 heavy (non-hydrogen) atoms. The van der Waals surface area contributed by atoms with Crippen LogP contribution in [0.2, 0.25) is 0 Å². The molecule has 3 rings (SSSR count). The standard InChI is InChI=1S/C23H29N3O4S2/c1-31-16-14-21(23(28)24-19-10-4-2-5-11-19)25-22(27)18-9-8-15-26(17-18)32(29,30)20-12-6-3-7-13-20/h2-7,10-13,18,21H,8-9,14-17H2,1H3,(H,24,28)(H,25,27)/t18?,21-/m0/s1. The summed E-state index contributed by atoms with van der Waals surface area (Å²) in [7, 11) is -3.66. The van der Waals surface area contributed by atoms with Crippen LogP contribution in [0.4, 0.5) is 5.69 Å². The van der Waals surface area contributed by atoms with E-state index in [0.29, 0.717) is 37.2 Å². The molecule has 2 N–H and O–H groups in total. The van der Waals surface area contributed by atoms with Crippen LogP contribution in [0.3, 0.4) is 0 Å². The minimum atomic E-state index is -3.66. The highest BCUT2D eigenvalue weighted by Crippen LogP contribution is 2.24. The molecule has 7 nitrogen and oxygen atoms in total. The van der Waals surface area contributed by atoms with Crippen LogP contribution in [0, 0.1) is 5.92 Å². The number of para-hydroxylation sites is 1. The molecule has 2 amide bonds. The zero-order chi connectivity index (χ0) is 23.0. The Hall–Kier alpha value is -2.36. The molecule has 1 saturated heterocycles. The summed E-state index contributed by atoms with van der Waals surface area (Å²) in [6.07, 6.45) is 3.61. The second-order valence-electron chi connectivity index (χ2n) is 7.71. The second-order valence-corrected chi connectivity index (χ2v) is 10.6. The summed E-state index contributed by atoms with van der Waals surface area (Å²) in [4.78, 5) is 26.0. The van der Waals surface area contributed by atoms with E-state index in [9.17, 15) is 18.0 Å². The van der Waals surface area contributed by atoms with Gasteiger partial charge in [0.15, 0.2) is 0 Å². The first-order valence-corrected chi connectivity index (χ1v) is 13.5. The first-order valence-electron chi connectivity index (χ1n) is 10.6. The molecule has 0 aliphatic carbocycles. The Morgan fingerprint density at radius 2 is 1.75 bits per heavy atom. The highest BCUT2D eigenvalue weighted by molar-refractivity contribution is 7.98. The number of hydrogen-bond acceptors (Lipinski definition) is 5. The smallest absolute Gasteiger partial charge is 0.246 e. The summed E-state index contributed by atoms with van der Waals surface area (Å²) in [5.41, 5.74) is 0.665. The average Bonchev–Trinajstić information content (AvgIpc) is 2.82. The number of amides is 2. The van der Waals surface area contributed by atoms with Gasteiger partial charge in [-0.25, -0.2) is 8.42 Å². The van der Waals surface area contributed by atoms with Crippen molar-refractivity contribution in [1.29, 1.82) is 0 Å². The Morgan fingerprint density at radius 3 is 2.41 bits per heavy atom. The molecule has 2 aromatic carbocycles. The number of thioether (sulfide) groups is 1. The monoisotopic (exact) mass is 475 g/mol. The van der Waals surface area contributed by atoms with E-state index < -0.39 is 22.0 Å². The van der Waals surface area contributed by atoms with Crippen LogP contribution in [0.1, 0.15) is 19.3 Å². The summed E-state index contributed by atoms with van der Waals surface area (Å²) in [6, 6.07) is 16.7. The molecule has 0 saturated carbocycles. The van der Waals surface area contributed by atoms with Gasteiger partial charge in [-0.15, -0.1) is 0 Å². The Labute approximate surface area is 194 Å². The van der Waals surface area contributed by atoms with E-state index in [1.54, 1.807) is 54.2 Å². The molecule has 0 spiro atoms. The molecule has 172 valence electrons. The number of nitrogens with one attached hydrogen (secondary N) is 2. The first-order chi connectivity index (χ1) is 15.4. The fraction of sp³-hybridized carbons (Fsp3) is 0.391. The van der Waals surface area contributed by atoms with Crippen LogP contribution >= 0.6 is 11.8 Å². The minimum absolute atomic E-state index is 0.110. The van der Waals surface area contributed by atoms with E-state index in [1.165, 1.54) is 4.31 Å². The Morgan fingerprint density at radius 1 is 1.09 bits per heavy atom. The summed E-state index contributed by atoms with van der Waals surface area (Å²) in [5.74, 6) is -0.342. The van der Waals surface area contributed by atoms with Crippen LogP contribution in [0.5, 0.6) is 0 Å². The summed E-state index contributed by atoms with van der Waals surface area (Å²) in [6.45, 7) is 0.490. The van der Waals surface area contributed by atoms with Crippen LogP contribution < -0.4 is 10.6 Å². The zero-order valence-electron chi connectivity index (χ0n) is 18.1. The summed E-state index contributed by atoms with van der Waals surface area (Å²) >= 11 is 1.60. The number of nitrogens with zero attached hydrogens (tertiary/aromatic N) is 1. The molecule has 2 aromatic rings. The van der Waals surface area contributed by atoms with E-state index in [-0.39, 0.29) is 23.3 Å². The number of anilines is 1. The molecule has 0 bridgehead atoms. The third-order valence-corrected chi connectivity index (χ3v) is 7.94. The number of sulfonamides is 1. The summed E-state index contributed by atoms with van der Waals surface area (Å²) < 4.78 is 27.3. The van der Waals surface area contributed by atoms with Crippen molar-refractivity contribution in [2.45, 2.75) is 30.2 Å². The highest BCUT2D eigenvalue weighted by Gasteiger charge is 2.34. The Bertz CT molecular complexity index is 1000. The zero-order valence-corrected chi connectivity index (χ0v) is 19.7. The van der Waals surface area contributed by atoms with Gasteiger partial charge in [-0.3, -0.25) is 9.59 Å².